The van der Waals surface area contributed by atoms with Crippen molar-refractivity contribution in [3.8, 4) is 0 Å². The van der Waals surface area contributed by atoms with Gasteiger partial charge in [-0.05, 0) is 37.8 Å². The second kappa shape index (κ2) is 7.89. The van der Waals surface area contributed by atoms with Crippen LogP contribution in [0.15, 0.2) is 30.5 Å². The molecule has 0 bridgehead atoms. The molecule has 1 fully saturated rings. The van der Waals surface area contributed by atoms with Crippen LogP contribution in [0.1, 0.15) is 30.4 Å². The van der Waals surface area contributed by atoms with E-state index in [2.05, 4.69) is 10.4 Å². The van der Waals surface area contributed by atoms with Crippen molar-refractivity contribution in [1.82, 2.24) is 14.7 Å². The van der Waals surface area contributed by atoms with E-state index in [-0.39, 0.29) is 12.1 Å². The summed E-state index contributed by atoms with van der Waals surface area (Å²) in [4.78, 5) is 14.6. The first kappa shape index (κ1) is 17.8. The Balaban J connectivity index is 1.77. The van der Waals surface area contributed by atoms with E-state index >= 15 is 0 Å². The van der Waals surface area contributed by atoms with Crippen molar-refractivity contribution in [3.63, 3.8) is 0 Å². The molecule has 1 unspecified atom stereocenters. The van der Waals surface area contributed by atoms with Crippen LogP contribution in [0.2, 0.25) is 5.02 Å². The first-order valence-corrected chi connectivity index (χ1v) is 9.01. The van der Waals surface area contributed by atoms with Crippen LogP contribution in [0, 0.1) is 6.92 Å². The maximum Gasteiger partial charge on any atom is 0.323 e. The molecule has 0 radical (unpaired) electrons. The van der Waals surface area contributed by atoms with Crippen LogP contribution >= 0.6 is 11.6 Å². The Morgan fingerprint density at radius 2 is 2.20 bits per heavy atom. The van der Waals surface area contributed by atoms with Crippen molar-refractivity contribution in [2.45, 2.75) is 38.8 Å². The fraction of sp³-hybridized carbons (Fsp3) is 0.444. The van der Waals surface area contributed by atoms with Gasteiger partial charge in [-0.3, -0.25) is 5.32 Å². The van der Waals surface area contributed by atoms with Gasteiger partial charge in [-0.1, -0.05) is 29.8 Å². The van der Waals surface area contributed by atoms with Gasteiger partial charge in [0.2, 0.25) is 0 Å². The largest absolute Gasteiger partial charge is 0.328 e. The number of benzene rings is 1. The number of rotatable bonds is 4. The maximum absolute atomic E-state index is 12.8. The number of nitrogens with two attached hydrogens (primary N) is 1. The van der Waals surface area contributed by atoms with Crippen LogP contribution in [0.5, 0.6) is 0 Å². The summed E-state index contributed by atoms with van der Waals surface area (Å²) in [5.41, 5.74) is 7.71. The van der Waals surface area contributed by atoms with Gasteiger partial charge in [-0.2, -0.15) is 5.10 Å². The summed E-state index contributed by atoms with van der Waals surface area (Å²) in [6, 6.07) is 7.64. The lowest BCUT2D eigenvalue weighted by Crippen LogP contribution is -2.49. The molecule has 2 heterocycles. The van der Waals surface area contributed by atoms with Gasteiger partial charge in [0.25, 0.3) is 0 Å². The molecule has 0 aliphatic carbocycles. The lowest BCUT2D eigenvalue weighted by Gasteiger charge is -2.35. The predicted octanol–water partition coefficient (Wildman–Crippen LogP) is 3.24. The molecule has 1 aliphatic rings. The summed E-state index contributed by atoms with van der Waals surface area (Å²) < 4.78 is 1.77. The average molecular weight is 362 g/mol. The molecule has 1 saturated heterocycles. The van der Waals surface area contributed by atoms with E-state index in [1.165, 1.54) is 0 Å². The lowest BCUT2D eigenvalue weighted by molar-refractivity contribution is 0.165. The van der Waals surface area contributed by atoms with Crippen molar-refractivity contribution in [3.05, 3.63) is 46.6 Å². The molecule has 6 nitrogen and oxygen atoms in total. The van der Waals surface area contributed by atoms with Crippen LogP contribution in [-0.2, 0) is 6.54 Å². The Morgan fingerprint density at radius 1 is 1.40 bits per heavy atom. The molecule has 2 aromatic rings. The predicted molar refractivity (Wildman–Crippen MR) is 99.9 cm³/mol. The topological polar surface area (TPSA) is 76.2 Å². The highest BCUT2D eigenvalue weighted by Gasteiger charge is 2.26. The molecule has 2 amide bonds. The summed E-state index contributed by atoms with van der Waals surface area (Å²) in [5.74, 6) is 0.700. The summed E-state index contributed by atoms with van der Waals surface area (Å²) in [6.45, 7) is 3.67. The number of amides is 2. The van der Waals surface area contributed by atoms with E-state index in [4.69, 9.17) is 17.3 Å². The zero-order chi connectivity index (χ0) is 17.8. The molecule has 1 aromatic carbocycles. The zero-order valence-corrected chi connectivity index (χ0v) is 15.2. The molecule has 0 saturated carbocycles. The number of halogens is 1. The number of likely N-dealkylation sites (tertiary alicyclic amines) is 1. The van der Waals surface area contributed by atoms with Gasteiger partial charge in [0.05, 0.1) is 12.7 Å². The quantitative estimate of drug-likeness (QED) is 0.877. The highest BCUT2D eigenvalue weighted by molar-refractivity contribution is 6.31. The van der Waals surface area contributed by atoms with Crippen LogP contribution in [0.3, 0.4) is 0 Å². The minimum atomic E-state index is -0.112. The fourth-order valence-corrected chi connectivity index (χ4v) is 3.43. The molecule has 134 valence electrons. The van der Waals surface area contributed by atoms with Crippen molar-refractivity contribution in [2.75, 3.05) is 18.4 Å². The van der Waals surface area contributed by atoms with Gasteiger partial charge in [-0.15, -0.1) is 0 Å². The number of aromatic nitrogens is 2. The second-order valence-corrected chi connectivity index (χ2v) is 6.84. The zero-order valence-electron chi connectivity index (χ0n) is 14.4. The molecule has 0 spiro atoms. The number of nitrogens with zero attached hydrogens (tertiary/aromatic N) is 3. The Labute approximate surface area is 152 Å². The number of urea groups is 1. The number of hydrogen-bond donors (Lipinski definition) is 2. The van der Waals surface area contributed by atoms with Crippen LogP contribution in [0.4, 0.5) is 10.6 Å². The number of anilines is 1. The standard InChI is InChI=1S/C18H24ClN5O/c1-13-11-21-24(12-14-6-2-3-8-16(14)19)17(13)22-18(25)23-9-5-4-7-15(23)10-20/h2-3,6,8,11,15H,4-5,7,9-10,12,20H2,1H3,(H,22,25). The molecule has 25 heavy (non-hydrogen) atoms. The van der Waals surface area contributed by atoms with Gasteiger partial charge in [0.1, 0.15) is 5.82 Å². The van der Waals surface area contributed by atoms with Crippen molar-refractivity contribution in [1.29, 1.82) is 0 Å². The first-order chi connectivity index (χ1) is 12.1. The third kappa shape index (κ3) is 3.96. The number of carbonyl (C=O) groups is 1. The summed E-state index contributed by atoms with van der Waals surface area (Å²) in [6.07, 6.45) is 4.85. The van der Waals surface area contributed by atoms with E-state index in [0.29, 0.717) is 23.9 Å². The maximum atomic E-state index is 12.8. The number of nitrogens with one attached hydrogen (secondary N) is 1. The van der Waals surface area contributed by atoms with Gasteiger partial charge >= 0.3 is 6.03 Å². The molecule has 7 heteroatoms. The lowest BCUT2D eigenvalue weighted by atomic mass is 10.0. The number of aryl methyl sites for hydroxylation is 1. The molecule has 3 N–H and O–H groups in total. The van der Waals surface area contributed by atoms with Crippen LogP contribution < -0.4 is 11.1 Å². The minimum absolute atomic E-state index is 0.106. The fourth-order valence-electron chi connectivity index (χ4n) is 3.24. The summed E-state index contributed by atoms with van der Waals surface area (Å²) in [7, 11) is 0. The van der Waals surface area contributed by atoms with E-state index in [9.17, 15) is 4.79 Å². The molecular weight excluding hydrogens is 338 g/mol. The van der Waals surface area contributed by atoms with Crippen LogP contribution in [-0.4, -0.2) is 39.8 Å². The number of piperidine rings is 1. The third-order valence-electron chi connectivity index (χ3n) is 4.69. The van der Waals surface area contributed by atoms with E-state index in [1.54, 1.807) is 10.9 Å². The molecule has 1 atom stereocenters. The highest BCUT2D eigenvalue weighted by Crippen LogP contribution is 2.22. The smallest absolute Gasteiger partial charge is 0.323 e. The van der Waals surface area contributed by atoms with E-state index < -0.39 is 0 Å². The van der Waals surface area contributed by atoms with Crippen LogP contribution in [0.25, 0.3) is 0 Å². The molecule has 1 aliphatic heterocycles. The van der Waals surface area contributed by atoms with Crippen molar-refractivity contribution >= 4 is 23.4 Å². The Bertz CT molecular complexity index is 745. The molecule has 3 rings (SSSR count). The number of hydrogen-bond acceptors (Lipinski definition) is 3. The Hall–Kier alpha value is -2.05. The van der Waals surface area contributed by atoms with Gasteiger partial charge in [0, 0.05) is 29.7 Å². The third-order valence-corrected chi connectivity index (χ3v) is 5.05. The Morgan fingerprint density at radius 3 is 2.96 bits per heavy atom. The summed E-state index contributed by atoms with van der Waals surface area (Å²) in [5, 5.41) is 8.10. The first-order valence-electron chi connectivity index (χ1n) is 8.63. The summed E-state index contributed by atoms with van der Waals surface area (Å²) >= 11 is 6.25. The van der Waals surface area contributed by atoms with Gasteiger partial charge in [0.15, 0.2) is 0 Å². The van der Waals surface area contributed by atoms with E-state index in [1.807, 2.05) is 36.1 Å². The molecule has 1 aromatic heterocycles. The average Bonchev–Trinajstić information content (AvgIpc) is 2.97. The highest BCUT2D eigenvalue weighted by atomic mass is 35.5. The molecular formula is C18H24ClN5O. The Kier molecular flexibility index (Phi) is 5.60. The monoisotopic (exact) mass is 361 g/mol. The SMILES string of the molecule is Cc1cnn(Cc2ccccc2Cl)c1NC(=O)N1CCCCC1CN. The van der Waals surface area contributed by atoms with Crippen molar-refractivity contribution < 1.29 is 4.79 Å². The van der Waals surface area contributed by atoms with E-state index in [0.717, 1.165) is 36.9 Å². The number of carbonyl (C=O) groups excluding carboxylic acids is 1. The minimum Gasteiger partial charge on any atom is -0.328 e. The van der Waals surface area contributed by atoms with Gasteiger partial charge < -0.3 is 10.6 Å². The normalized spacial score (nSPS) is 17.6. The van der Waals surface area contributed by atoms with Crippen molar-refractivity contribution in [2.24, 2.45) is 5.73 Å². The van der Waals surface area contributed by atoms with Gasteiger partial charge in [-0.25, -0.2) is 9.48 Å². The second-order valence-electron chi connectivity index (χ2n) is 6.43.